The third-order valence-corrected chi connectivity index (χ3v) is 3.42. The fourth-order valence-electron chi connectivity index (χ4n) is 2.51. The van der Waals surface area contributed by atoms with Gasteiger partial charge in [-0.1, -0.05) is 0 Å². The van der Waals surface area contributed by atoms with Crippen molar-refractivity contribution in [2.45, 2.75) is 18.9 Å². The second kappa shape index (κ2) is 3.18. The Balaban J connectivity index is 2.04. The molecule has 3 aliphatic heterocycles. The highest BCUT2D eigenvalue weighted by molar-refractivity contribution is 5.65. The van der Waals surface area contributed by atoms with E-state index in [1.54, 1.807) is 7.05 Å². The molecule has 0 spiro atoms. The number of carbonyl (C=O) groups is 1. The molecule has 1 atom stereocenters. The third kappa shape index (κ3) is 1.50. The fraction of sp³-hybridized carbons (Fsp3) is 0.889. The summed E-state index contributed by atoms with van der Waals surface area (Å²) >= 11 is 0. The molecule has 3 saturated heterocycles. The average Bonchev–Trinajstić information content (AvgIpc) is 2.18. The zero-order valence-corrected chi connectivity index (χ0v) is 7.94. The number of fused-ring (bicyclic) bond motifs is 3. The van der Waals surface area contributed by atoms with E-state index in [0.717, 1.165) is 19.6 Å². The zero-order chi connectivity index (χ0) is 9.42. The Bertz CT molecular complexity index is 212. The van der Waals surface area contributed by atoms with Gasteiger partial charge in [0.05, 0.1) is 6.04 Å². The minimum absolute atomic E-state index is 0.236. The summed E-state index contributed by atoms with van der Waals surface area (Å²) in [4.78, 5) is 14.6. The minimum Gasteiger partial charge on any atom is -0.465 e. The molecule has 0 aromatic carbocycles. The number of piperidine rings is 3. The standard InChI is InChI=1S/C9H16N2O2/c1-10(9(12)13)8-6-11-4-2-7(8)3-5-11/h7-8H,2-6H2,1H3,(H,12,13). The summed E-state index contributed by atoms with van der Waals surface area (Å²) in [7, 11) is 1.69. The first kappa shape index (κ1) is 8.81. The lowest BCUT2D eigenvalue weighted by Gasteiger charge is -2.47. The van der Waals surface area contributed by atoms with Crippen molar-refractivity contribution in [2.24, 2.45) is 5.92 Å². The van der Waals surface area contributed by atoms with E-state index >= 15 is 0 Å². The number of likely N-dealkylation sites (N-methyl/N-ethyl adjacent to an activating group) is 1. The molecule has 0 radical (unpaired) electrons. The Kier molecular flexibility index (Phi) is 2.15. The fourth-order valence-corrected chi connectivity index (χ4v) is 2.51. The molecular formula is C9H16N2O2. The highest BCUT2D eigenvalue weighted by Gasteiger charge is 2.37. The SMILES string of the molecule is CN(C(=O)O)C1CN2CCC1CC2. The predicted molar refractivity (Wildman–Crippen MR) is 48.7 cm³/mol. The van der Waals surface area contributed by atoms with Gasteiger partial charge < -0.3 is 14.9 Å². The van der Waals surface area contributed by atoms with Crippen LogP contribution in [-0.2, 0) is 0 Å². The van der Waals surface area contributed by atoms with E-state index < -0.39 is 6.09 Å². The van der Waals surface area contributed by atoms with Gasteiger partial charge in [0, 0.05) is 13.6 Å². The summed E-state index contributed by atoms with van der Waals surface area (Å²) in [5.74, 6) is 0.603. The zero-order valence-electron chi connectivity index (χ0n) is 7.94. The molecule has 74 valence electrons. The molecule has 0 aromatic heterocycles. The molecule has 13 heavy (non-hydrogen) atoms. The molecular weight excluding hydrogens is 168 g/mol. The number of nitrogens with zero attached hydrogens (tertiary/aromatic N) is 2. The summed E-state index contributed by atoms with van der Waals surface area (Å²) in [6.45, 7) is 3.26. The van der Waals surface area contributed by atoms with Crippen molar-refractivity contribution in [3.8, 4) is 0 Å². The van der Waals surface area contributed by atoms with Crippen molar-refractivity contribution in [1.82, 2.24) is 9.80 Å². The van der Waals surface area contributed by atoms with Crippen molar-refractivity contribution in [3.05, 3.63) is 0 Å². The van der Waals surface area contributed by atoms with Crippen molar-refractivity contribution >= 4 is 6.09 Å². The summed E-state index contributed by atoms with van der Waals surface area (Å²) in [6.07, 6.45) is 1.55. The molecule has 0 saturated carbocycles. The molecule has 1 amide bonds. The second-order valence-electron chi connectivity index (χ2n) is 4.10. The van der Waals surface area contributed by atoms with Crippen LogP contribution in [-0.4, -0.2) is 53.7 Å². The number of amides is 1. The topological polar surface area (TPSA) is 43.8 Å². The van der Waals surface area contributed by atoms with E-state index in [4.69, 9.17) is 5.11 Å². The average molecular weight is 184 g/mol. The van der Waals surface area contributed by atoms with Crippen molar-refractivity contribution < 1.29 is 9.90 Å². The van der Waals surface area contributed by atoms with Crippen LogP contribution in [0, 0.1) is 5.92 Å². The lowest BCUT2D eigenvalue weighted by molar-refractivity contribution is 0.0205. The van der Waals surface area contributed by atoms with Crippen molar-refractivity contribution in [2.75, 3.05) is 26.7 Å². The van der Waals surface area contributed by atoms with E-state index in [9.17, 15) is 4.79 Å². The number of hydrogen-bond acceptors (Lipinski definition) is 2. The molecule has 3 aliphatic rings. The number of carboxylic acid groups (broad SMARTS) is 1. The van der Waals surface area contributed by atoms with Gasteiger partial charge in [-0.15, -0.1) is 0 Å². The van der Waals surface area contributed by atoms with E-state index in [-0.39, 0.29) is 6.04 Å². The van der Waals surface area contributed by atoms with Gasteiger partial charge in [0.2, 0.25) is 0 Å². The van der Waals surface area contributed by atoms with Gasteiger partial charge >= 0.3 is 6.09 Å². The molecule has 0 aromatic rings. The molecule has 3 rings (SSSR count). The minimum atomic E-state index is -0.793. The van der Waals surface area contributed by atoms with Gasteiger partial charge in [-0.2, -0.15) is 0 Å². The smallest absolute Gasteiger partial charge is 0.407 e. The maximum absolute atomic E-state index is 10.8. The Labute approximate surface area is 78.1 Å². The van der Waals surface area contributed by atoms with E-state index in [1.165, 1.54) is 17.7 Å². The monoisotopic (exact) mass is 184 g/mol. The Morgan fingerprint density at radius 3 is 2.46 bits per heavy atom. The van der Waals surface area contributed by atoms with Crippen LogP contribution in [0.4, 0.5) is 4.79 Å². The lowest BCUT2D eigenvalue weighted by atomic mass is 9.83. The number of hydrogen-bond donors (Lipinski definition) is 1. The molecule has 2 bridgehead atoms. The second-order valence-corrected chi connectivity index (χ2v) is 4.10. The summed E-state index contributed by atoms with van der Waals surface area (Å²) < 4.78 is 0. The predicted octanol–water partition coefficient (Wildman–Crippen LogP) is 0.690. The van der Waals surface area contributed by atoms with Gasteiger partial charge in [-0.25, -0.2) is 4.79 Å². The first-order valence-electron chi connectivity index (χ1n) is 4.86. The Morgan fingerprint density at radius 2 is 2.08 bits per heavy atom. The van der Waals surface area contributed by atoms with Crippen LogP contribution in [0.25, 0.3) is 0 Å². The van der Waals surface area contributed by atoms with E-state index in [0.29, 0.717) is 5.92 Å². The largest absolute Gasteiger partial charge is 0.465 e. The first-order valence-corrected chi connectivity index (χ1v) is 4.86. The highest BCUT2D eigenvalue weighted by Crippen LogP contribution is 2.30. The summed E-state index contributed by atoms with van der Waals surface area (Å²) in [6, 6.07) is 0.236. The molecule has 4 heteroatoms. The first-order chi connectivity index (χ1) is 6.18. The summed E-state index contributed by atoms with van der Waals surface area (Å²) in [5.41, 5.74) is 0. The molecule has 4 nitrogen and oxygen atoms in total. The van der Waals surface area contributed by atoms with Gasteiger partial charge in [-0.3, -0.25) is 0 Å². The normalized spacial score (nSPS) is 37.5. The van der Waals surface area contributed by atoms with E-state index in [2.05, 4.69) is 4.90 Å². The van der Waals surface area contributed by atoms with Crippen LogP contribution in [0.5, 0.6) is 0 Å². The third-order valence-electron chi connectivity index (χ3n) is 3.42. The summed E-state index contributed by atoms with van der Waals surface area (Å²) in [5, 5.41) is 8.87. The molecule has 3 heterocycles. The molecule has 1 N–H and O–H groups in total. The maximum Gasteiger partial charge on any atom is 0.407 e. The molecule has 0 aliphatic carbocycles. The van der Waals surface area contributed by atoms with E-state index in [1.807, 2.05) is 0 Å². The van der Waals surface area contributed by atoms with Gasteiger partial charge in [0.1, 0.15) is 0 Å². The van der Waals surface area contributed by atoms with Crippen molar-refractivity contribution in [3.63, 3.8) is 0 Å². The Morgan fingerprint density at radius 1 is 1.46 bits per heavy atom. The lowest BCUT2D eigenvalue weighted by Crippen LogP contribution is -2.57. The van der Waals surface area contributed by atoms with Crippen LogP contribution in [0.15, 0.2) is 0 Å². The Hall–Kier alpha value is -0.770. The van der Waals surface area contributed by atoms with Crippen LogP contribution >= 0.6 is 0 Å². The van der Waals surface area contributed by atoms with Gasteiger partial charge in [0.25, 0.3) is 0 Å². The van der Waals surface area contributed by atoms with Crippen molar-refractivity contribution in [1.29, 1.82) is 0 Å². The van der Waals surface area contributed by atoms with Gasteiger partial charge in [-0.05, 0) is 31.8 Å². The van der Waals surface area contributed by atoms with Crippen LogP contribution < -0.4 is 0 Å². The number of rotatable bonds is 1. The maximum atomic E-state index is 10.8. The van der Waals surface area contributed by atoms with Crippen LogP contribution in [0.1, 0.15) is 12.8 Å². The molecule has 3 fully saturated rings. The van der Waals surface area contributed by atoms with Crippen LogP contribution in [0.3, 0.4) is 0 Å². The molecule has 1 unspecified atom stereocenters. The highest BCUT2D eigenvalue weighted by atomic mass is 16.4. The quantitative estimate of drug-likeness (QED) is 0.652. The van der Waals surface area contributed by atoms with Gasteiger partial charge in [0.15, 0.2) is 0 Å². The van der Waals surface area contributed by atoms with Crippen LogP contribution in [0.2, 0.25) is 0 Å².